The number of hydrazine groups is 1. The summed E-state index contributed by atoms with van der Waals surface area (Å²) in [6, 6.07) is 15.7. The van der Waals surface area contributed by atoms with Crippen LogP contribution in [0.1, 0.15) is 37.9 Å². The normalized spacial score (nSPS) is 10.8. The van der Waals surface area contributed by atoms with Crippen molar-refractivity contribution in [1.29, 1.82) is 0 Å². The average Bonchev–Trinajstić information content (AvgIpc) is 3.19. The topological polar surface area (TPSA) is 97.1 Å². The summed E-state index contributed by atoms with van der Waals surface area (Å²) >= 11 is 7.48. The lowest BCUT2D eigenvalue weighted by Crippen LogP contribution is -2.41. The number of amides is 2. The van der Waals surface area contributed by atoms with Crippen molar-refractivity contribution in [1.82, 2.24) is 20.8 Å². The van der Waals surface area contributed by atoms with E-state index in [0.717, 1.165) is 22.1 Å². The van der Waals surface area contributed by atoms with Gasteiger partial charge in [0.25, 0.3) is 5.91 Å². The van der Waals surface area contributed by atoms with Crippen molar-refractivity contribution in [3.8, 4) is 0 Å². The van der Waals surface area contributed by atoms with Crippen molar-refractivity contribution in [3.05, 3.63) is 87.9 Å². The fraction of sp³-hybridized carbons (Fsp3) is 0.130. The van der Waals surface area contributed by atoms with Crippen molar-refractivity contribution >= 4 is 46.1 Å². The third kappa shape index (κ3) is 5.27. The van der Waals surface area contributed by atoms with Gasteiger partial charge in [0.05, 0.1) is 0 Å². The number of hydrogen-bond donors (Lipinski definition) is 2. The molecule has 2 aromatic heterocycles. The molecule has 0 aliphatic rings. The van der Waals surface area contributed by atoms with Gasteiger partial charge in [-0.15, -0.1) is 0 Å². The number of aryl methyl sites for hydroxylation is 2. The van der Waals surface area contributed by atoms with E-state index in [9.17, 15) is 9.59 Å². The molecular formula is C23H19ClN4O3S. The van der Waals surface area contributed by atoms with Gasteiger partial charge in [-0.2, -0.15) is 0 Å². The van der Waals surface area contributed by atoms with Crippen LogP contribution in [0.4, 0.5) is 0 Å². The van der Waals surface area contributed by atoms with Crippen molar-refractivity contribution in [2.24, 2.45) is 0 Å². The predicted octanol–water partition coefficient (Wildman–Crippen LogP) is 4.86. The first kappa shape index (κ1) is 21.9. The van der Waals surface area contributed by atoms with Crippen LogP contribution >= 0.6 is 23.4 Å². The second-order valence-electron chi connectivity index (χ2n) is 7.12. The Morgan fingerprint density at radius 3 is 2.34 bits per heavy atom. The second kappa shape index (κ2) is 9.42. The summed E-state index contributed by atoms with van der Waals surface area (Å²) in [4.78, 5) is 33.5. The molecule has 32 heavy (non-hydrogen) atoms. The number of nitrogens with one attached hydrogen (secondary N) is 2. The smallest absolute Gasteiger partial charge is 0.305 e. The van der Waals surface area contributed by atoms with E-state index in [1.54, 1.807) is 36.4 Å². The number of carbonyl (C=O) groups excluding carboxylic acids is 2. The molecule has 2 aromatic carbocycles. The maximum atomic E-state index is 12.4. The Morgan fingerprint density at radius 2 is 1.62 bits per heavy atom. The third-order valence-electron chi connectivity index (χ3n) is 4.54. The highest BCUT2D eigenvalue weighted by atomic mass is 35.5. The van der Waals surface area contributed by atoms with Crippen molar-refractivity contribution in [2.45, 2.75) is 24.8 Å². The standard InChI is InChI=1S/C23H19ClN4O3S/c1-13-9-14(2)26-23(25-13)32-12-15-3-5-16(6-4-15)21(29)27-28-22(30)20-11-17-10-18(24)7-8-19(17)31-20/h3-11H,12H2,1-2H3,(H,27,29)(H,28,30). The SMILES string of the molecule is Cc1cc(C)nc(SCc2ccc(C(=O)NNC(=O)c3cc4cc(Cl)ccc4o3)cc2)n1. The fourth-order valence-corrected chi connectivity index (χ4v) is 4.12. The van der Waals surface area contributed by atoms with E-state index in [1.807, 2.05) is 32.0 Å². The third-order valence-corrected chi connectivity index (χ3v) is 5.69. The number of halogens is 1. The largest absolute Gasteiger partial charge is 0.451 e. The maximum Gasteiger partial charge on any atom is 0.305 e. The number of benzene rings is 2. The Hall–Kier alpha value is -3.36. The van der Waals surface area contributed by atoms with E-state index < -0.39 is 11.8 Å². The summed E-state index contributed by atoms with van der Waals surface area (Å²) in [6.45, 7) is 3.88. The van der Waals surface area contributed by atoms with Crippen LogP contribution in [0.25, 0.3) is 11.0 Å². The molecule has 0 aliphatic heterocycles. The summed E-state index contributed by atoms with van der Waals surface area (Å²) < 4.78 is 5.48. The lowest BCUT2D eigenvalue weighted by atomic mass is 10.1. The highest BCUT2D eigenvalue weighted by Crippen LogP contribution is 2.23. The molecule has 4 aromatic rings. The molecule has 0 spiro atoms. The summed E-state index contributed by atoms with van der Waals surface area (Å²) in [5, 5.41) is 1.97. The van der Waals surface area contributed by atoms with E-state index in [1.165, 1.54) is 11.8 Å². The van der Waals surface area contributed by atoms with Crippen LogP contribution in [0, 0.1) is 13.8 Å². The Morgan fingerprint density at radius 1 is 0.938 bits per heavy atom. The van der Waals surface area contributed by atoms with E-state index in [4.69, 9.17) is 16.0 Å². The lowest BCUT2D eigenvalue weighted by molar-refractivity contribution is 0.0832. The molecule has 0 saturated heterocycles. The zero-order chi connectivity index (χ0) is 22.7. The first-order valence-corrected chi connectivity index (χ1v) is 11.1. The Bertz CT molecular complexity index is 1280. The van der Waals surface area contributed by atoms with Gasteiger partial charge >= 0.3 is 5.91 Å². The highest BCUT2D eigenvalue weighted by molar-refractivity contribution is 7.98. The second-order valence-corrected chi connectivity index (χ2v) is 8.50. The van der Waals surface area contributed by atoms with Gasteiger partial charge in [0.15, 0.2) is 10.9 Å². The molecule has 7 nitrogen and oxygen atoms in total. The molecule has 0 atom stereocenters. The van der Waals surface area contributed by atoms with Crippen LogP contribution in [0.5, 0.6) is 0 Å². The number of carbonyl (C=O) groups is 2. The molecule has 0 fully saturated rings. The summed E-state index contributed by atoms with van der Waals surface area (Å²) in [6.07, 6.45) is 0. The number of fused-ring (bicyclic) bond motifs is 1. The molecule has 0 unspecified atom stereocenters. The van der Waals surface area contributed by atoms with Crippen molar-refractivity contribution < 1.29 is 14.0 Å². The Balaban J connectivity index is 1.32. The number of thioether (sulfide) groups is 1. The van der Waals surface area contributed by atoms with Gasteiger partial charge in [0, 0.05) is 33.1 Å². The minimum atomic E-state index is -0.563. The van der Waals surface area contributed by atoms with Crippen LogP contribution in [0.3, 0.4) is 0 Å². The molecule has 2 heterocycles. The van der Waals surface area contributed by atoms with Gasteiger partial charge in [-0.1, -0.05) is 35.5 Å². The van der Waals surface area contributed by atoms with E-state index in [0.29, 0.717) is 27.3 Å². The maximum absolute atomic E-state index is 12.4. The summed E-state index contributed by atoms with van der Waals surface area (Å²) in [5.74, 6) is -0.248. The van der Waals surface area contributed by atoms with Gasteiger partial charge in [-0.3, -0.25) is 20.4 Å². The molecule has 2 N–H and O–H groups in total. The zero-order valence-corrected chi connectivity index (χ0v) is 18.9. The number of hydrogen-bond acceptors (Lipinski definition) is 6. The fourth-order valence-electron chi connectivity index (χ4n) is 3.03. The minimum Gasteiger partial charge on any atom is -0.451 e. The van der Waals surface area contributed by atoms with Crippen molar-refractivity contribution in [2.75, 3.05) is 0 Å². The molecule has 0 saturated carbocycles. The van der Waals surface area contributed by atoms with Crippen molar-refractivity contribution in [3.63, 3.8) is 0 Å². The Labute approximate surface area is 193 Å². The van der Waals surface area contributed by atoms with Crippen LogP contribution in [-0.2, 0) is 5.75 Å². The summed E-state index contributed by atoms with van der Waals surface area (Å²) in [5.41, 5.74) is 8.59. The first-order valence-electron chi connectivity index (χ1n) is 9.71. The van der Waals surface area contributed by atoms with Gasteiger partial charge in [0.2, 0.25) is 0 Å². The predicted molar refractivity (Wildman–Crippen MR) is 124 cm³/mol. The molecule has 0 aliphatic carbocycles. The molecule has 0 bridgehead atoms. The zero-order valence-electron chi connectivity index (χ0n) is 17.3. The molecule has 4 rings (SSSR count). The van der Waals surface area contributed by atoms with Gasteiger partial charge < -0.3 is 4.42 Å². The molecule has 162 valence electrons. The quantitative estimate of drug-likeness (QED) is 0.247. The minimum absolute atomic E-state index is 0.0727. The molecule has 2 amide bonds. The number of nitrogens with zero attached hydrogens (tertiary/aromatic N) is 2. The molecule has 9 heteroatoms. The number of rotatable bonds is 5. The van der Waals surface area contributed by atoms with Gasteiger partial charge in [-0.25, -0.2) is 9.97 Å². The average molecular weight is 467 g/mol. The highest BCUT2D eigenvalue weighted by Gasteiger charge is 2.14. The molecule has 0 radical (unpaired) electrons. The van der Waals surface area contributed by atoms with E-state index >= 15 is 0 Å². The van der Waals surface area contributed by atoms with Gasteiger partial charge in [0.1, 0.15) is 5.58 Å². The monoisotopic (exact) mass is 466 g/mol. The van der Waals surface area contributed by atoms with Gasteiger partial charge in [-0.05, 0) is 61.9 Å². The van der Waals surface area contributed by atoms with Crippen LogP contribution in [0.15, 0.2) is 64.2 Å². The lowest BCUT2D eigenvalue weighted by Gasteiger charge is -2.07. The van der Waals surface area contributed by atoms with Crippen LogP contribution in [0.2, 0.25) is 5.02 Å². The van der Waals surface area contributed by atoms with E-state index in [2.05, 4.69) is 20.8 Å². The van der Waals surface area contributed by atoms with Crippen LogP contribution in [-0.4, -0.2) is 21.8 Å². The number of furan rings is 1. The number of aromatic nitrogens is 2. The van der Waals surface area contributed by atoms with E-state index in [-0.39, 0.29) is 5.76 Å². The van der Waals surface area contributed by atoms with Crippen LogP contribution < -0.4 is 10.9 Å². The first-order chi connectivity index (χ1) is 15.4. The Kier molecular flexibility index (Phi) is 6.43. The summed E-state index contributed by atoms with van der Waals surface area (Å²) in [7, 11) is 0. The molecular weight excluding hydrogens is 448 g/mol.